The van der Waals surface area contributed by atoms with Gasteiger partial charge in [-0.25, -0.2) is 4.39 Å². The van der Waals surface area contributed by atoms with E-state index in [1.807, 2.05) is 13.0 Å². The van der Waals surface area contributed by atoms with Gasteiger partial charge in [-0.05, 0) is 62.9 Å². The lowest BCUT2D eigenvalue weighted by molar-refractivity contribution is -0.0585. The first-order valence-electron chi connectivity index (χ1n) is 8.90. The fourth-order valence-electron chi connectivity index (χ4n) is 5.10. The first-order chi connectivity index (χ1) is 11.1. The van der Waals surface area contributed by atoms with Crippen LogP contribution in [0.15, 0.2) is 18.2 Å². The monoisotopic (exact) mass is 318 g/mol. The molecule has 4 rings (SSSR count). The minimum Gasteiger partial charge on any atom is -0.378 e. The maximum atomic E-state index is 13.5. The lowest BCUT2D eigenvalue weighted by Gasteiger charge is -2.50. The van der Waals surface area contributed by atoms with Gasteiger partial charge in [0.05, 0.1) is 13.2 Å². The summed E-state index contributed by atoms with van der Waals surface area (Å²) in [4.78, 5) is 5.20. The van der Waals surface area contributed by atoms with Crippen molar-refractivity contribution in [1.29, 1.82) is 0 Å². The Morgan fingerprint density at radius 2 is 2.13 bits per heavy atom. The molecule has 3 saturated heterocycles. The maximum Gasteiger partial charge on any atom is 0.123 e. The summed E-state index contributed by atoms with van der Waals surface area (Å²) in [6.45, 7) is 6.00. The van der Waals surface area contributed by atoms with Crippen LogP contribution in [-0.4, -0.2) is 54.7 Å². The number of nitrogens with zero attached hydrogens (tertiary/aromatic N) is 2. The molecule has 0 N–H and O–H groups in total. The van der Waals surface area contributed by atoms with Crippen molar-refractivity contribution in [1.82, 2.24) is 9.80 Å². The van der Waals surface area contributed by atoms with Gasteiger partial charge in [-0.2, -0.15) is 0 Å². The Morgan fingerprint density at radius 1 is 1.26 bits per heavy atom. The van der Waals surface area contributed by atoms with E-state index in [1.165, 1.54) is 24.8 Å². The number of hydrogen-bond donors (Lipinski definition) is 0. The molecule has 0 aromatic heterocycles. The van der Waals surface area contributed by atoms with Gasteiger partial charge in [0.1, 0.15) is 5.82 Å². The molecule has 1 spiro atoms. The Hall–Kier alpha value is -0.970. The van der Waals surface area contributed by atoms with Crippen LogP contribution in [0.25, 0.3) is 0 Å². The fourth-order valence-corrected chi connectivity index (χ4v) is 5.10. The number of fused-ring (bicyclic) bond motifs is 2. The van der Waals surface area contributed by atoms with Crippen molar-refractivity contribution in [3.8, 4) is 0 Å². The number of halogens is 1. The molecular weight excluding hydrogens is 291 g/mol. The van der Waals surface area contributed by atoms with Gasteiger partial charge in [0.15, 0.2) is 0 Å². The highest BCUT2D eigenvalue weighted by molar-refractivity contribution is 5.31. The van der Waals surface area contributed by atoms with E-state index in [0.717, 1.165) is 38.3 Å². The summed E-state index contributed by atoms with van der Waals surface area (Å²) in [6, 6.07) is 6.30. The van der Waals surface area contributed by atoms with E-state index in [4.69, 9.17) is 4.74 Å². The van der Waals surface area contributed by atoms with Crippen molar-refractivity contribution in [2.75, 3.05) is 33.4 Å². The summed E-state index contributed by atoms with van der Waals surface area (Å²) < 4.78 is 19.2. The van der Waals surface area contributed by atoms with Gasteiger partial charge >= 0.3 is 0 Å². The Kier molecular flexibility index (Phi) is 3.94. The lowest BCUT2D eigenvalue weighted by Crippen LogP contribution is -2.57. The second-order valence-electron chi connectivity index (χ2n) is 7.64. The predicted molar refractivity (Wildman–Crippen MR) is 89.0 cm³/mol. The maximum absolute atomic E-state index is 13.5. The molecule has 1 aromatic carbocycles. The van der Waals surface area contributed by atoms with Gasteiger partial charge in [0.2, 0.25) is 0 Å². The zero-order chi connectivity index (χ0) is 16.0. The number of ether oxygens (including phenoxy) is 1. The molecule has 3 nitrogen and oxygen atoms in total. The van der Waals surface area contributed by atoms with Crippen LogP contribution in [0.5, 0.6) is 0 Å². The first kappa shape index (κ1) is 15.6. The average molecular weight is 318 g/mol. The minimum absolute atomic E-state index is 0.131. The SMILES string of the molecule is Cc1cc(F)ccc1C1CC2(CCC3COCCN32)CCN1C. The van der Waals surface area contributed by atoms with Crippen molar-refractivity contribution in [2.24, 2.45) is 0 Å². The van der Waals surface area contributed by atoms with E-state index in [1.54, 1.807) is 12.1 Å². The van der Waals surface area contributed by atoms with Crippen molar-refractivity contribution in [3.63, 3.8) is 0 Å². The molecule has 3 unspecified atom stereocenters. The van der Waals surface area contributed by atoms with Crippen LogP contribution in [-0.2, 0) is 4.74 Å². The highest BCUT2D eigenvalue weighted by Crippen LogP contribution is 2.48. The highest BCUT2D eigenvalue weighted by Gasteiger charge is 2.50. The molecule has 3 heterocycles. The number of piperidine rings is 1. The summed E-state index contributed by atoms with van der Waals surface area (Å²) in [5.74, 6) is -0.131. The lowest BCUT2D eigenvalue weighted by atomic mass is 9.78. The number of hydrogen-bond acceptors (Lipinski definition) is 3. The molecule has 3 aliphatic rings. The Labute approximate surface area is 138 Å². The number of aryl methyl sites for hydroxylation is 1. The van der Waals surface area contributed by atoms with Gasteiger partial charge in [0, 0.05) is 30.7 Å². The summed E-state index contributed by atoms with van der Waals surface area (Å²) in [5.41, 5.74) is 2.70. The molecule has 23 heavy (non-hydrogen) atoms. The number of rotatable bonds is 1. The van der Waals surface area contributed by atoms with E-state index in [0.29, 0.717) is 17.6 Å². The smallest absolute Gasteiger partial charge is 0.123 e. The topological polar surface area (TPSA) is 15.7 Å². The summed E-state index contributed by atoms with van der Waals surface area (Å²) in [5, 5.41) is 0. The van der Waals surface area contributed by atoms with E-state index in [-0.39, 0.29) is 5.82 Å². The van der Waals surface area contributed by atoms with Gasteiger partial charge in [-0.3, -0.25) is 9.80 Å². The number of likely N-dealkylation sites (tertiary alicyclic amines) is 1. The van der Waals surface area contributed by atoms with Crippen molar-refractivity contribution < 1.29 is 9.13 Å². The minimum atomic E-state index is -0.131. The van der Waals surface area contributed by atoms with Crippen molar-refractivity contribution in [2.45, 2.75) is 50.2 Å². The Bertz CT molecular complexity index is 593. The molecular formula is C19H27FN2O. The van der Waals surface area contributed by atoms with Crippen molar-refractivity contribution in [3.05, 3.63) is 35.1 Å². The van der Waals surface area contributed by atoms with Crippen LogP contribution in [0.3, 0.4) is 0 Å². The predicted octanol–water partition coefficient (Wildman–Crippen LogP) is 3.13. The van der Waals surface area contributed by atoms with Gasteiger partial charge < -0.3 is 4.74 Å². The van der Waals surface area contributed by atoms with Crippen LogP contribution in [0.4, 0.5) is 4.39 Å². The van der Waals surface area contributed by atoms with Crippen LogP contribution < -0.4 is 0 Å². The molecule has 3 aliphatic heterocycles. The molecule has 0 bridgehead atoms. The Balaban J connectivity index is 1.63. The van der Waals surface area contributed by atoms with Crippen LogP contribution in [0, 0.1) is 12.7 Å². The number of morpholine rings is 1. The summed E-state index contributed by atoms with van der Waals surface area (Å²) >= 11 is 0. The summed E-state index contributed by atoms with van der Waals surface area (Å²) in [6.07, 6.45) is 4.95. The second kappa shape index (κ2) is 5.83. The van der Waals surface area contributed by atoms with Gasteiger partial charge in [-0.15, -0.1) is 0 Å². The zero-order valence-corrected chi connectivity index (χ0v) is 14.2. The zero-order valence-electron chi connectivity index (χ0n) is 14.2. The van der Waals surface area contributed by atoms with E-state index in [9.17, 15) is 4.39 Å². The first-order valence-corrected chi connectivity index (χ1v) is 8.90. The molecule has 4 heteroatoms. The molecule has 126 valence electrons. The quantitative estimate of drug-likeness (QED) is 0.791. The van der Waals surface area contributed by atoms with E-state index in [2.05, 4.69) is 16.8 Å². The molecule has 0 aliphatic carbocycles. The van der Waals surface area contributed by atoms with E-state index < -0.39 is 0 Å². The fraction of sp³-hybridized carbons (Fsp3) is 0.684. The Morgan fingerprint density at radius 3 is 2.96 bits per heavy atom. The molecule has 1 aromatic rings. The third-order valence-electron chi connectivity index (χ3n) is 6.41. The molecule has 0 saturated carbocycles. The normalized spacial score (nSPS) is 35.6. The van der Waals surface area contributed by atoms with Gasteiger partial charge in [0.25, 0.3) is 0 Å². The third-order valence-corrected chi connectivity index (χ3v) is 6.41. The molecule has 0 radical (unpaired) electrons. The highest BCUT2D eigenvalue weighted by atomic mass is 19.1. The van der Waals surface area contributed by atoms with E-state index >= 15 is 0 Å². The van der Waals surface area contributed by atoms with Crippen LogP contribution in [0.1, 0.15) is 42.9 Å². The summed E-state index contributed by atoms with van der Waals surface area (Å²) in [7, 11) is 2.21. The van der Waals surface area contributed by atoms with Gasteiger partial charge in [-0.1, -0.05) is 6.07 Å². The van der Waals surface area contributed by atoms with Crippen LogP contribution in [0.2, 0.25) is 0 Å². The molecule has 0 amide bonds. The van der Waals surface area contributed by atoms with Crippen molar-refractivity contribution >= 4 is 0 Å². The standard InChI is InChI=1S/C19H27FN2O/c1-14-11-15(20)3-4-17(14)18-12-19(7-8-21(18)2)6-5-16-13-23-10-9-22(16)19/h3-4,11,16,18H,5-10,12-13H2,1-2H3. The molecule has 3 fully saturated rings. The largest absolute Gasteiger partial charge is 0.378 e. The molecule has 3 atom stereocenters. The number of benzene rings is 1. The van der Waals surface area contributed by atoms with Crippen LogP contribution >= 0.6 is 0 Å². The third kappa shape index (κ3) is 2.61. The average Bonchev–Trinajstić information content (AvgIpc) is 2.89. The second-order valence-corrected chi connectivity index (χ2v) is 7.64.